The summed E-state index contributed by atoms with van der Waals surface area (Å²) in [4.78, 5) is 95.2. The predicted octanol–water partition coefficient (Wildman–Crippen LogP) is 4.84. The highest BCUT2D eigenvalue weighted by Gasteiger charge is 2.52. The quantitative estimate of drug-likeness (QED) is 0.0459. The number of piperazine rings is 1. The molecule has 380 valence electrons. The minimum Gasteiger partial charge on any atom is -0.508 e. The van der Waals surface area contributed by atoms with Crippen molar-refractivity contribution in [2.24, 2.45) is 0 Å². The smallest absolute Gasteiger partial charge is 0.407 e. The highest BCUT2D eigenvalue weighted by Crippen LogP contribution is 2.45. The van der Waals surface area contributed by atoms with Gasteiger partial charge in [-0.05, 0) is 86.7 Å². The zero-order valence-electron chi connectivity index (χ0n) is 40.0. The first-order chi connectivity index (χ1) is 35.7. The number of alkyl carbamates (subject to hydrolysis) is 1. The summed E-state index contributed by atoms with van der Waals surface area (Å²) in [6, 6.07) is 8.74. The van der Waals surface area contributed by atoms with E-state index >= 15 is 8.78 Å². The molecule has 2 bridgehead atoms. The Labute approximate surface area is 422 Å². The number of benzene rings is 3. The van der Waals surface area contributed by atoms with Crippen molar-refractivity contribution in [2.75, 3.05) is 49.6 Å². The number of fused-ring (bicyclic) bond motifs is 6. The van der Waals surface area contributed by atoms with Crippen molar-refractivity contribution < 1.29 is 52.1 Å². The van der Waals surface area contributed by atoms with Crippen LogP contribution in [0.4, 0.5) is 25.1 Å². The van der Waals surface area contributed by atoms with Gasteiger partial charge in [-0.3, -0.25) is 44.1 Å². The zero-order chi connectivity index (χ0) is 51.6. The molecule has 5 unspecified atom stereocenters. The summed E-state index contributed by atoms with van der Waals surface area (Å²) < 4.78 is 44.5. The minimum absolute atomic E-state index is 0.00604. The summed E-state index contributed by atoms with van der Waals surface area (Å²) >= 11 is 0. The molecule has 5 aromatic rings. The molecule has 5 N–H and O–H groups in total. The van der Waals surface area contributed by atoms with Crippen molar-refractivity contribution >= 4 is 68.8 Å². The highest BCUT2D eigenvalue weighted by atomic mass is 19.1. The lowest BCUT2D eigenvalue weighted by molar-refractivity contribution is -0.136. The van der Waals surface area contributed by atoms with E-state index in [2.05, 4.69) is 53.5 Å². The zero-order valence-corrected chi connectivity index (χ0v) is 40.0. The summed E-state index contributed by atoms with van der Waals surface area (Å²) in [5.74, 6) is -1.79. The number of aromatic hydroxyl groups is 1. The van der Waals surface area contributed by atoms with Gasteiger partial charge < -0.3 is 35.4 Å². The lowest BCUT2D eigenvalue weighted by Gasteiger charge is -2.35. The molecule has 5 saturated heterocycles. The fraction of sp³-hybridized carbons (Fsp3) is 0.377. The number of nitrogens with one attached hydrogen (secondary N) is 4. The Bertz CT molecular complexity index is 3300. The number of ether oxygens (including phenoxy) is 2. The number of pyridine rings is 1. The molecular weight excluding hydrogens is 959 g/mol. The van der Waals surface area contributed by atoms with Crippen LogP contribution in [-0.2, 0) is 19.1 Å². The number of imide groups is 2. The van der Waals surface area contributed by atoms with E-state index in [1.54, 1.807) is 0 Å². The maximum atomic E-state index is 17.2. The Kier molecular flexibility index (Phi) is 12.4. The molecule has 5 atom stereocenters. The molecule has 0 aliphatic carbocycles. The van der Waals surface area contributed by atoms with Gasteiger partial charge in [0.25, 0.3) is 11.8 Å². The Balaban J connectivity index is 0.728. The van der Waals surface area contributed by atoms with Gasteiger partial charge in [0.05, 0.1) is 27.6 Å². The number of nitrogens with zero attached hydrogens (tertiary/aromatic N) is 6. The molecule has 3 aromatic carbocycles. The number of terminal acetylenes is 1. The van der Waals surface area contributed by atoms with E-state index in [1.807, 2.05) is 0 Å². The van der Waals surface area contributed by atoms with Crippen molar-refractivity contribution in [3.8, 4) is 35.4 Å². The van der Waals surface area contributed by atoms with Crippen molar-refractivity contribution in [1.82, 2.24) is 40.7 Å². The number of anilines is 2. The van der Waals surface area contributed by atoms with Crippen molar-refractivity contribution in [3.63, 3.8) is 0 Å². The van der Waals surface area contributed by atoms with Crippen LogP contribution in [0.2, 0.25) is 0 Å². The summed E-state index contributed by atoms with van der Waals surface area (Å²) in [6.45, 7) is 6.38. The molecule has 0 saturated carbocycles. The number of phenols is 1. The van der Waals surface area contributed by atoms with E-state index in [-0.39, 0.29) is 120 Å². The molecule has 6 aliphatic rings. The molecule has 5 fully saturated rings. The number of rotatable bonds is 13. The van der Waals surface area contributed by atoms with Crippen LogP contribution < -0.4 is 30.9 Å². The summed E-state index contributed by atoms with van der Waals surface area (Å²) in [5, 5.41) is 22.9. The molecule has 11 rings (SSSR count). The standard InChI is InChI=1S/C53H50F2N10O9/c1-3-34-39(54)11-6-28-17-33(66)19-37(43(28)34)45-44(55)46-38(21-57-45)47(63-23-30-7-8-31(24-63)58-30)62-51(61-46)74-26-53-15-14-32(64(53)22-27(2)20-53)25-73-52(72)56-16-4-5-41(67)59-29-9-10-35-36(18-29)50(71)65(49(35)70)40-12-13-42(68)60-48(40)69/h1,6,9-11,17-19,21,30-32,40,58,66H,2,4-5,7-8,12-16,20,22-26H2,(H,56,72)(H,59,67)(H,60,68,69). The van der Waals surface area contributed by atoms with Gasteiger partial charge in [-0.1, -0.05) is 24.1 Å². The SMILES string of the molecule is C#Cc1c(F)ccc2cc(O)cc(-c3ncc4c(N5CC6CCC(C5)N6)nc(OCC56CCC(COC(=O)NCCCC(=O)Nc7ccc8c(c7)C(=O)N(C7CCC(=O)NC7=O)C8=O)N5CC(=C)C6)nc4c3F)c12. The maximum Gasteiger partial charge on any atom is 0.407 e. The number of phenolic OH excluding ortho intramolecular Hbond substituents is 1. The van der Waals surface area contributed by atoms with Crippen LogP contribution in [0, 0.1) is 24.0 Å². The van der Waals surface area contributed by atoms with Crippen LogP contribution >= 0.6 is 0 Å². The van der Waals surface area contributed by atoms with E-state index in [4.69, 9.17) is 20.9 Å². The first-order valence-corrected chi connectivity index (χ1v) is 24.6. The van der Waals surface area contributed by atoms with E-state index in [9.17, 15) is 33.9 Å². The summed E-state index contributed by atoms with van der Waals surface area (Å²) in [7, 11) is 0. The number of amides is 6. The summed E-state index contributed by atoms with van der Waals surface area (Å²) in [6.07, 6.45) is 10.8. The molecule has 2 aromatic heterocycles. The average molecular weight is 1010 g/mol. The number of hydrogen-bond donors (Lipinski definition) is 5. The van der Waals surface area contributed by atoms with Crippen molar-refractivity contribution in [3.05, 3.63) is 89.1 Å². The predicted molar refractivity (Wildman–Crippen MR) is 264 cm³/mol. The van der Waals surface area contributed by atoms with Gasteiger partial charge in [-0.25, -0.2) is 13.6 Å². The Hall–Kier alpha value is -8.09. The molecule has 19 nitrogen and oxygen atoms in total. The van der Waals surface area contributed by atoms with E-state index in [0.717, 1.165) is 23.3 Å². The maximum absolute atomic E-state index is 17.2. The normalized spacial score (nSPS) is 23.3. The third-order valence-corrected chi connectivity index (χ3v) is 15.0. The molecule has 21 heteroatoms. The first-order valence-electron chi connectivity index (χ1n) is 24.6. The fourth-order valence-electron chi connectivity index (χ4n) is 11.6. The number of piperidine rings is 1. The number of halogens is 2. The Morgan fingerprint density at radius 1 is 0.986 bits per heavy atom. The topological polar surface area (TPSA) is 238 Å². The molecular formula is C53H50F2N10O9. The molecule has 6 amide bonds. The lowest BCUT2D eigenvalue weighted by atomic mass is 9.94. The molecule has 0 spiro atoms. The minimum atomic E-state index is -1.11. The largest absolute Gasteiger partial charge is 0.508 e. The van der Waals surface area contributed by atoms with Crippen LogP contribution in [0.5, 0.6) is 11.8 Å². The van der Waals surface area contributed by atoms with Crippen molar-refractivity contribution in [2.45, 2.75) is 87.5 Å². The number of carbonyl (C=O) groups excluding carboxylic acids is 6. The Morgan fingerprint density at radius 2 is 1.78 bits per heavy atom. The van der Waals surface area contributed by atoms with Crippen LogP contribution in [0.15, 0.2) is 60.8 Å². The average Bonchev–Trinajstić information content (AvgIpc) is 4.08. The van der Waals surface area contributed by atoms with Gasteiger partial charge in [0.1, 0.15) is 47.9 Å². The first kappa shape index (κ1) is 48.2. The van der Waals surface area contributed by atoms with Crippen LogP contribution in [-0.4, -0.2) is 135 Å². The van der Waals surface area contributed by atoms with Crippen LogP contribution in [0.3, 0.4) is 0 Å². The van der Waals surface area contributed by atoms with E-state index in [1.165, 1.54) is 48.7 Å². The molecule has 6 aliphatic heterocycles. The van der Waals surface area contributed by atoms with Crippen molar-refractivity contribution in [1.29, 1.82) is 0 Å². The fourth-order valence-corrected chi connectivity index (χ4v) is 11.6. The third kappa shape index (κ3) is 8.76. The van der Waals surface area contributed by atoms with Crippen LogP contribution in [0.25, 0.3) is 32.9 Å². The third-order valence-electron chi connectivity index (χ3n) is 15.0. The second-order valence-corrected chi connectivity index (χ2v) is 19.9. The van der Waals surface area contributed by atoms with Gasteiger partial charge in [-0.2, -0.15) is 9.97 Å². The monoisotopic (exact) mass is 1010 g/mol. The number of aromatic nitrogens is 3. The van der Waals surface area contributed by atoms with E-state index in [0.29, 0.717) is 55.5 Å². The van der Waals surface area contributed by atoms with E-state index < -0.39 is 58.8 Å². The number of hydrogen-bond acceptors (Lipinski definition) is 15. The molecule has 74 heavy (non-hydrogen) atoms. The van der Waals surface area contributed by atoms with Gasteiger partial charge in [0.2, 0.25) is 17.7 Å². The Morgan fingerprint density at radius 3 is 2.57 bits per heavy atom. The van der Waals surface area contributed by atoms with Gasteiger partial charge in [0, 0.05) is 80.0 Å². The van der Waals surface area contributed by atoms with Crippen LogP contribution in [0.1, 0.15) is 84.1 Å². The summed E-state index contributed by atoms with van der Waals surface area (Å²) in [5.41, 5.74) is 0.563. The second-order valence-electron chi connectivity index (χ2n) is 19.9. The van der Waals surface area contributed by atoms with Gasteiger partial charge >= 0.3 is 12.1 Å². The molecule has 0 radical (unpaired) electrons. The molecule has 8 heterocycles. The highest BCUT2D eigenvalue weighted by molar-refractivity contribution is 6.24. The van der Waals surface area contributed by atoms with Gasteiger partial charge in [-0.15, -0.1) is 6.42 Å². The second kappa shape index (κ2) is 19.1. The number of carbonyl (C=O) groups is 6. The lowest BCUT2D eigenvalue weighted by Crippen LogP contribution is -2.54. The van der Waals surface area contributed by atoms with Gasteiger partial charge in [0.15, 0.2) is 5.82 Å².